The van der Waals surface area contributed by atoms with Gasteiger partial charge in [0, 0.05) is 19.6 Å². The van der Waals surface area contributed by atoms with Crippen LogP contribution in [0.5, 0.6) is 11.5 Å². The van der Waals surface area contributed by atoms with Crippen molar-refractivity contribution in [3.05, 3.63) is 59.2 Å². The lowest BCUT2D eigenvalue weighted by molar-refractivity contribution is -0.122. The first kappa shape index (κ1) is 23.0. The van der Waals surface area contributed by atoms with Gasteiger partial charge >= 0.3 is 6.61 Å². The van der Waals surface area contributed by atoms with Crippen LogP contribution in [0.15, 0.2) is 42.5 Å². The third-order valence-corrected chi connectivity index (χ3v) is 5.57. The number of likely N-dealkylation sites (tertiary alicyclic amines) is 1. The summed E-state index contributed by atoms with van der Waals surface area (Å²) in [5.41, 5.74) is 3.43. The number of amides is 1. The topological polar surface area (TPSA) is 50.8 Å². The number of piperidine rings is 1. The first-order valence-electron chi connectivity index (χ1n) is 10.7. The Labute approximate surface area is 182 Å². The summed E-state index contributed by atoms with van der Waals surface area (Å²) < 4.78 is 34.8. The zero-order chi connectivity index (χ0) is 22.2. The number of hydrogen-bond acceptors (Lipinski definition) is 4. The number of halogens is 2. The van der Waals surface area contributed by atoms with Gasteiger partial charge in [0.15, 0.2) is 0 Å². The molecule has 168 valence electrons. The van der Waals surface area contributed by atoms with E-state index < -0.39 is 6.61 Å². The second-order valence-electron chi connectivity index (χ2n) is 7.96. The highest BCUT2D eigenvalue weighted by molar-refractivity contribution is 5.78. The van der Waals surface area contributed by atoms with Crippen LogP contribution in [-0.4, -0.2) is 49.7 Å². The smallest absolute Gasteiger partial charge is 0.387 e. The minimum absolute atomic E-state index is 0.00817. The average molecular weight is 433 g/mol. The van der Waals surface area contributed by atoms with Crippen LogP contribution in [0.3, 0.4) is 0 Å². The Bertz CT molecular complexity index is 850. The molecule has 1 N–H and O–H groups in total. The van der Waals surface area contributed by atoms with Crippen molar-refractivity contribution < 1.29 is 23.0 Å². The highest BCUT2D eigenvalue weighted by atomic mass is 19.3. The Hall–Kier alpha value is -2.67. The average Bonchev–Trinajstić information content (AvgIpc) is 2.73. The standard InChI is InChI=1S/C24H30F2N2O3/c1-17-3-6-22(15-18(17)2)30-21-10-13-28(14-11-21)16-23(29)27-12-9-19-4-7-20(8-5-19)31-24(25)26/h3-8,15,21,24H,9-14,16H2,1-2H3,(H,27,29). The number of benzene rings is 2. The highest BCUT2D eigenvalue weighted by Gasteiger charge is 2.22. The molecule has 1 saturated heterocycles. The third kappa shape index (κ3) is 7.51. The monoisotopic (exact) mass is 432 g/mol. The van der Waals surface area contributed by atoms with E-state index in [-0.39, 0.29) is 17.8 Å². The second-order valence-corrected chi connectivity index (χ2v) is 7.96. The molecule has 2 aromatic carbocycles. The molecule has 0 unspecified atom stereocenters. The molecule has 0 aromatic heterocycles. The fourth-order valence-corrected chi connectivity index (χ4v) is 3.61. The Kier molecular flexibility index (Phi) is 8.23. The minimum atomic E-state index is -2.83. The van der Waals surface area contributed by atoms with Gasteiger partial charge in [-0.3, -0.25) is 9.69 Å². The second kappa shape index (κ2) is 11.1. The van der Waals surface area contributed by atoms with Gasteiger partial charge in [-0.1, -0.05) is 18.2 Å². The van der Waals surface area contributed by atoms with E-state index in [1.807, 2.05) is 6.07 Å². The summed E-state index contributed by atoms with van der Waals surface area (Å²) >= 11 is 0. The van der Waals surface area contributed by atoms with Crippen LogP contribution in [0.4, 0.5) is 8.78 Å². The van der Waals surface area contributed by atoms with Crippen LogP contribution in [0.1, 0.15) is 29.5 Å². The maximum Gasteiger partial charge on any atom is 0.387 e. The van der Waals surface area contributed by atoms with Gasteiger partial charge < -0.3 is 14.8 Å². The van der Waals surface area contributed by atoms with E-state index in [9.17, 15) is 13.6 Å². The normalized spacial score (nSPS) is 15.1. The van der Waals surface area contributed by atoms with Gasteiger partial charge in [0.1, 0.15) is 17.6 Å². The molecule has 1 aliphatic heterocycles. The number of aryl methyl sites for hydroxylation is 2. The predicted octanol–water partition coefficient (Wildman–Crippen LogP) is 4.11. The lowest BCUT2D eigenvalue weighted by atomic mass is 10.1. The molecule has 31 heavy (non-hydrogen) atoms. The number of carbonyl (C=O) groups excluding carboxylic acids is 1. The number of alkyl halides is 2. The summed E-state index contributed by atoms with van der Waals surface area (Å²) in [5.74, 6) is 1.03. The van der Waals surface area contributed by atoms with Crippen molar-refractivity contribution in [2.24, 2.45) is 0 Å². The molecule has 0 saturated carbocycles. The molecule has 1 aliphatic rings. The largest absolute Gasteiger partial charge is 0.490 e. The van der Waals surface area contributed by atoms with Crippen LogP contribution in [0, 0.1) is 13.8 Å². The van der Waals surface area contributed by atoms with Gasteiger partial charge in [0.05, 0.1) is 6.54 Å². The van der Waals surface area contributed by atoms with Gasteiger partial charge in [-0.25, -0.2) is 0 Å². The van der Waals surface area contributed by atoms with E-state index in [0.717, 1.165) is 37.2 Å². The summed E-state index contributed by atoms with van der Waals surface area (Å²) in [7, 11) is 0. The third-order valence-electron chi connectivity index (χ3n) is 5.57. The molecule has 0 radical (unpaired) electrons. The van der Waals surface area contributed by atoms with Gasteiger partial charge in [-0.05, 0) is 74.1 Å². The summed E-state index contributed by atoms with van der Waals surface area (Å²) in [5, 5.41) is 2.92. The molecule has 0 atom stereocenters. The lowest BCUT2D eigenvalue weighted by Crippen LogP contribution is -2.44. The molecule has 1 fully saturated rings. The van der Waals surface area contributed by atoms with Gasteiger partial charge in [0.25, 0.3) is 0 Å². The molecule has 7 heteroatoms. The van der Waals surface area contributed by atoms with Gasteiger partial charge in [-0.15, -0.1) is 0 Å². The van der Waals surface area contributed by atoms with Crippen molar-refractivity contribution in [2.75, 3.05) is 26.2 Å². The number of nitrogens with one attached hydrogen (secondary N) is 1. The van der Waals surface area contributed by atoms with E-state index in [0.29, 0.717) is 19.5 Å². The van der Waals surface area contributed by atoms with Crippen LogP contribution >= 0.6 is 0 Å². The fraction of sp³-hybridized carbons (Fsp3) is 0.458. The van der Waals surface area contributed by atoms with E-state index in [4.69, 9.17) is 4.74 Å². The van der Waals surface area contributed by atoms with Crippen molar-refractivity contribution in [3.8, 4) is 11.5 Å². The zero-order valence-corrected chi connectivity index (χ0v) is 18.1. The van der Waals surface area contributed by atoms with Crippen molar-refractivity contribution in [1.82, 2.24) is 10.2 Å². The van der Waals surface area contributed by atoms with Crippen LogP contribution in [0.25, 0.3) is 0 Å². The molecular weight excluding hydrogens is 402 g/mol. The molecule has 5 nitrogen and oxygen atoms in total. The first-order valence-corrected chi connectivity index (χ1v) is 10.7. The molecule has 0 spiro atoms. The SMILES string of the molecule is Cc1ccc(OC2CCN(CC(=O)NCCc3ccc(OC(F)F)cc3)CC2)cc1C. The van der Waals surface area contributed by atoms with Crippen LogP contribution < -0.4 is 14.8 Å². The predicted molar refractivity (Wildman–Crippen MR) is 116 cm³/mol. The fourth-order valence-electron chi connectivity index (χ4n) is 3.61. The molecule has 3 rings (SSSR count). The maximum atomic E-state index is 12.2. The summed E-state index contributed by atoms with van der Waals surface area (Å²) in [6.07, 6.45) is 2.60. The number of nitrogens with zero attached hydrogens (tertiary/aromatic N) is 1. The Morgan fingerprint density at radius 2 is 1.74 bits per heavy atom. The van der Waals surface area contributed by atoms with Crippen molar-refractivity contribution in [3.63, 3.8) is 0 Å². The minimum Gasteiger partial charge on any atom is -0.490 e. The van der Waals surface area contributed by atoms with Crippen molar-refractivity contribution in [1.29, 1.82) is 0 Å². The van der Waals surface area contributed by atoms with Crippen LogP contribution in [0.2, 0.25) is 0 Å². The van der Waals surface area contributed by atoms with E-state index in [1.165, 1.54) is 23.3 Å². The van der Waals surface area contributed by atoms with Gasteiger partial charge in [0.2, 0.25) is 5.91 Å². The summed E-state index contributed by atoms with van der Waals surface area (Å²) in [6, 6.07) is 12.6. The number of carbonyl (C=O) groups is 1. The summed E-state index contributed by atoms with van der Waals surface area (Å²) in [4.78, 5) is 14.4. The highest BCUT2D eigenvalue weighted by Crippen LogP contribution is 2.21. The summed E-state index contributed by atoms with van der Waals surface area (Å²) in [6.45, 7) is 3.87. The van der Waals surface area contributed by atoms with Crippen LogP contribution in [-0.2, 0) is 11.2 Å². The zero-order valence-electron chi connectivity index (χ0n) is 18.1. The van der Waals surface area contributed by atoms with E-state index in [2.05, 4.69) is 40.9 Å². The number of hydrogen-bond donors (Lipinski definition) is 1. The number of rotatable bonds is 9. The molecule has 0 bridgehead atoms. The maximum absolute atomic E-state index is 12.2. The molecule has 0 aliphatic carbocycles. The van der Waals surface area contributed by atoms with E-state index in [1.54, 1.807) is 12.1 Å². The van der Waals surface area contributed by atoms with E-state index >= 15 is 0 Å². The van der Waals surface area contributed by atoms with Crippen molar-refractivity contribution in [2.45, 2.75) is 45.8 Å². The Balaban J connectivity index is 1.33. The lowest BCUT2D eigenvalue weighted by Gasteiger charge is -2.31. The molecular formula is C24H30F2N2O3. The number of ether oxygens (including phenoxy) is 2. The molecule has 1 amide bonds. The molecule has 1 heterocycles. The van der Waals surface area contributed by atoms with Crippen molar-refractivity contribution >= 4 is 5.91 Å². The molecule has 2 aromatic rings. The first-order chi connectivity index (χ1) is 14.9. The van der Waals surface area contributed by atoms with Gasteiger partial charge in [-0.2, -0.15) is 8.78 Å². The Morgan fingerprint density at radius 1 is 1.06 bits per heavy atom. The Morgan fingerprint density at radius 3 is 2.39 bits per heavy atom. The quantitative estimate of drug-likeness (QED) is 0.648.